The number of likely N-dealkylation sites (tertiary alicyclic amines) is 2. The van der Waals surface area contributed by atoms with Crippen LogP contribution in [-0.2, 0) is 20.9 Å². The van der Waals surface area contributed by atoms with Crippen LogP contribution in [0.2, 0.25) is 0 Å². The van der Waals surface area contributed by atoms with Crippen molar-refractivity contribution in [2.24, 2.45) is 11.8 Å². The number of rotatable bonds is 4. The third-order valence-electron chi connectivity index (χ3n) is 8.04. The van der Waals surface area contributed by atoms with Crippen LogP contribution in [0, 0.1) is 11.8 Å². The van der Waals surface area contributed by atoms with E-state index in [1.165, 1.54) is 13.5 Å². The third kappa shape index (κ3) is 4.39. The Morgan fingerprint density at radius 2 is 1.89 bits per heavy atom. The molecule has 2 aliphatic heterocycles. The maximum atomic E-state index is 13.7. The molecule has 3 amide bonds. The molecule has 3 heterocycles. The molecule has 5 rings (SSSR count). The second-order valence-corrected chi connectivity index (χ2v) is 9.91. The molecule has 1 saturated carbocycles. The number of amides is 3. The van der Waals surface area contributed by atoms with Crippen molar-refractivity contribution in [2.75, 3.05) is 25.9 Å². The molecule has 9 heteroatoms. The van der Waals surface area contributed by atoms with Crippen molar-refractivity contribution in [3.8, 4) is 0 Å². The monoisotopic (exact) mass is 479 g/mol. The first kappa shape index (κ1) is 23.4. The maximum absolute atomic E-state index is 13.7. The predicted octanol–water partition coefficient (Wildman–Crippen LogP) is 2.68. The molecule has 1 aliphatic carbocycles. The summed E-state index contributed by atoms with van der Waals surface area (Å²) in [6.45, 7) is 1.41. The molecule has 35 heavy (non-hydrogen) atoms. The molecule has 186 valence electrons. The number of anilines is 1. The highest BCUT2D eigenvalue weighted by Crippen LogP contribution is 2.41. The number of piperidine rings is 1. The largest absolute Gasteiger partial charge is 0.453 e. The van der Waals surface area contributed by atoms with Crippen molar-refractivity contribution in [3.05, 3.63) is 36.0 Å². The number of nitrogen functional groups attached to an aromatic ring is 1. The SMILES string of the molecule is COC(=O)N1CCC2CCCCC2C1C(=O)N1CC[C@H]1C(=O)NCc1ccc2c(N)nccc2c1. The summed E-state index contributed by atoms with van der Waals surface area (Å²) in [6.07, 6.45) is 7.00. The molecule has 1 aromatic carbocycles. The number of methoxy groups -OCH3 is 1. The molecule has 2 saturated heterocycles. The second kappa shape index (κ2) is 9.71. The lowest BCUT2D eigenvalue weighted by Crippen LogP contribution is -2.66. The topological polar surface area (TPSA) is 118 Å². The molecule has 3 N–H and O–H groups in total. The number of fused-ring (bicyclic) bond motifs is 2. The Kier molecular flexibility index (Phi) is 6.49. The fourth-order valence-corrected chi connectivity index (χ4v) is 6.09. The Labute approximate surface area is 205 Å². The van der Waals surface area contributed by atoms with Crippen molar-refractivity contribution in [1.82, 2.24) is 20.1 Å². The van der Waals surface area contributed by atoms with E-state index in [1.54, 1.807) is 16.0 Å². The molecule has 3 fully saturated rings. The van der Waals surface area contributed by atoms with E-state index in [1.807, 2.05) is 24.3 Å². The molecule has 0 spiro atoms. The van der Waals surface area contributed by atoms with Gasteiger partial charge in [-0.25, -0.2) is 9.78 Å². The van der Waals surface area contributed by atoms with E-state index in [0.717, 1.165) is 42.0 Å². The maximum Gasteiger partial charge on any atom is 0.410 e. The second-order valence-electron chi connectivity index (χ2n) is 9.91. The van der Waals surface area contributed by atoms with Crippen molar-refractivity contribution < 1.29 is 19.1 Å². The summed E-state index contributed by atoms with van der Waals surface area (Å²) in [5, 5.41) is 4.83. The summed E-state index contributed by atoms with van der Waals surface area (Å²) in [7, 11) is 1.36. The summed E-state index contributed by atoms with van der Waals surface area (Å²) < 4.78 is 5.01. The van der Waals surface area contributed by atoms with E-state index in [0.29, 0.717) is 37.8 Å². The number of hydrogen-bond donors (Lipinski definition) is 2. The van der Waals surface area contributed by atoms with Crippen LogP contribution in [0.5, 0.6) is 0 Å². The van der Waals surface area contributed by atoms with Gasteiger partial charge >= 0.3 is 6.09 Å². The number of nitrogens with zero attached hydrogens (tertiary/aromatic N) is 3. The van der Waals surface area contributed by atoms with Crippen molar-refractivity contribution >= 4 is 34.5 Å². The molecule has 1 aromatic heterocycles. The van der Waals surface area contributed by atoms with Crippen LogP contribution >= 0.6 is 0 Å². The Hall–Kier alpha value is -3.36. The average molecular weight is 480 g/mol. The van der Waals surface area contributed by atoms with E-state index in [9.17, 15) is 14.4 Å². The smallest absolute Gasteiger partial charge is 0.410 e. The average Bonchev–Trinajstić information content (AvgIpc) is 2.85. The Bertz CT molecular complexity index is 1140. The van der Waals surface area contributed by atoms with Crippen molar-refractivity contribution in [1.29, 1.82) is 0 Å². The van der Waals surface area contributed by atoms with Crippen LogP contribution in [-0.4, -0.2) is 65.0 Å². The summed E-state index contributed by atoms with van der Waals surface area (Å²) >= 11 is 0. The van der Waals surface area contributed by atoms with Gasteiger partial charge in [-0.05, 0) is 54.2 Å². The molecule has 0 bridgehead atoms. The summed E-state index contributed by atoms with van der Waals surface area (Å²) in [5.41, 5.74) is 6.87. The van der Waals surface area contributed by atoms with Crippen LogP contribution < -0.4 is 11.1 Å². The first-order valence-corrected chi connectivity index (χ1v) is 12.5. The van der Waals surface area contributed by atoms with E-state index >= 15 is 0 Å². The van der Waals surface area contributed by atoms with Gasteiger partial charge in [-0.1, -0.05) is 31.4 Å². The fraction of sp³-hybridized carbons (Fsp3) is 0.538. The molecule has 3 unspecified atom stereocenters. The quantitative estimate of drug-likeness (QED) is 0.696. The van der Waals surface area contributed by atoms with Crippen LogP contribution in [0.4, 0.5) is 10.6 Å². The number of pyridine rings is 1. The van der Waals surface area contributed by atoms with Crippen LogP contribution in [0.3, 0.4) is 0 Å². The zero-order valence-corrected chi connectivity index (χ0v) is 20.1. The van der Waals surface area contributed by atoms with E-state index < -0.39 is 18.2 Å². The number of hydrogen-bond acceptors (Lipinski definition) is 6. The Morgan fingerprint density at radius 1 is 1.09 bits per heavy atom. The Balaban J connectivity index is 1.26. The van der Waals surface area contributed by atoms with E-state index in [4.69, 9.17) is 10.5 Å². The standard InChI is InChI=1S/C26H33N5O4/c1-35-26(34)31-12-9-17-4-2-3-5-19(17)22(31)25(33)30-13-10-21(30)24(32)29-15-16-6-7-20-18(14-16)8-11-28-23(20)27/h6-8,11,14,17,19,21-22H,2-5,9-10,12-13,15H2,1H3,(H2,27,28)(H,29,32)/t17?,19?,21-,22?/m0/s1. The zero-order chi connectivity index (χ0) is 24.5. The number of aromatic nitrogens is 1. The zero-order valence-electron chi connectivity index (χ0n) is 20.1. The van der Waals surface area contributed by atoms with E-state index in [2.05, 4.69) is 10.3 Å². The molecule has 0 radical (unpaired) electrons. The van der Waals surface area contributed by atoms with Gasteiger partial charge in [0.25, 0.3) is 0 Å². The van der Waals surface area contributed by atoms with Crippen molar-refractivity contribution in [3.63, 3.8) is 0 Å². The predicted molar refractivity (Wildman–Crippen MR) is 131 cm³/mol. The van der Waals surface area contributed by atoms with Gasteiger partial charge in [-0.3, -0.25) is 14.5 Å². The lowest BCUT2D eigenvalue weighted by Gasteiger charge is -2.50. The van der Waals surface area contributed by atoms with Gasteiger partial charge in [0.05, 0.1) is 7.11 Å². The number of nitrogens with one attached hydrogen (secondary N) is 1. The van der Waals surface area contributed by atoms with Gasteiger partial charge < -0.3 is 20.7 Å². The molecule has 4 atom stereocenters. The van der Waals surface area contributed by atoms with Gasteiger partial charge in [-0.2, -0.15) is 0 Å². The minimum Gasteiger partial charge on any atom is -0.453 e. The first-order chi connectivity index (χ1) is 17.0. The summed E-state index contributed by atoms with van der Waals surface area (Å²) in [4.78, 5) is 46.6. The number of nitrogens with two attached hydrogens (primary N) is 1. The third-order valence-corrected chi connectivity index (χ3v) is 8.04. The van der Waals surface area contributed by atoms with Crippen LogP contribution in [0.15, 0.2) is 30.5 Å². The number of carbonyl (C=O) groups is 3. The minimum absolute atomic E-state index is 0.118. The van der Waals surface area contributed by atoms with Gasteiger partial charge in [0.2, 0.25) is 11.8 Å². The van der Waals surface area contributed by atoms with Gasteiger partial charge in [0.1, 0.15) is 17.9 Å². The molecule has 2 aromatic rings. The summed E-state index contributed by atoms with van der Waals surface area (Å²) in [5.74, 6) is 0.773. The Morgan fingerprint density at radius 3 is 2.66 bits per heavy atom. The number of carbonyl (C=O) groups excluding carboxylic acids is 3. The van der Waals surface area contributed by atoms with Crippen LogP contribution in [0.25, 0.3) is 10.8 Å². The van der Waals surface area contributed by atoms with Gasteiger partial charge in [0.15, 0.2) is 0 Å². The number of benzene rings is 1. The number of ether oxygens (including phenoxy) is 1. The summed E-state index contributed by atoms with van der Waals surface area (Å²) in [6, 6.07) is 6.64. The first-order valence-electron chi connectivity index (χ1n) is 12.5. The normalized spacial score (nSPS) is 26.0. The van der Waals surface area contributed by atoms with Gasteiger partial charge in [0, 0.05) is 31.2 Å². The van der Waals surface area contributed by atoms with Crippen LogP contribution in [0.1, 0.15) is 44.1 Å². The minimum atomic E-state index is -0.545. The highest BCUT2D eigenvalue weighted by Gasteiger charge is 2.49. The highest BCUT2D eigenvalue weighted by molar-refractivity contribution is 5.93. The van der Waals surface area contributed by atoms with E-state index in [-0.39, 0.29) is 17.7 Å². The molecule has 9 nitrogen and oxygen atoms in total. The lowest BCUT2D eigenvalue weighted by molar-refractivity contribution is -0.155. The fourth-order valence-electron chi connectivity index (χ4n) is 6.09. The lowest BCUT2D eigenvalue weighted by atomic mass is 9.70. The molecular weight excluding hydrogens is 446 g/mol. The highest BCUT2D eigenvalue weighted by atomic mass is 16.5. The van der Waals surface area contributed by atoms with Crippen molar-refractivity contribution in [2.45, 2.75) is 57.2 Å². The van der Waals surface area contributed by atoms with Gasteiger partial charge in [-0.15, -0.1) is 0 Å². The molecular formula is C26H33N5O4. The molecule has 3 aliphatic rings.